The maximum atomic E-state index is 13.3. The highest BCUT2D eigenvalue weighted by atomic mass is 32.2. The molecule has 7 heteroatoms. The lowest BCUT2D eigenvalue weighted by Gasteiger charge is -2.25. The van der Waals surface area contributed by atoms with Crippen LogP contribution in [0.25, 0.3) is 0 Å². The molecule has 0 radical (unpaired) electrons. The Morgan fingerprint density at radius 1 is 1.26 bits per heavy atom. The number of nitrogen functional groups attached to an aromatic ring is 1. The molecular formula is C12H17FN2O3S. The molecule has 1 aliphatic rings. The van der Waals surface area contributed by atoms with Gasteiger partial charge >= 0.3 is 0 Å². The van der Waals surface area contributed by atoms with Gasteiger partial charge in [0.05, 0.1) is 16.7 Å². The number of hydrogen-bond acceptors (Lipinski definition) is 4. The molecule has 19 heavy (non-hydrogen) atoms. The molecule has 1 aromatic carbocycles. The molecule has 1 aromatic rings. The van der Waals surface area contributed by atoms with Gasteiger partial charge in [0.2, 0.25) is 10.0 Å². The Morgan fingerprint density at radius 3 is 2.47 bits per heavy atom. The van der Waals surface area contributed by atoms with Gasteiger partial charge in [-0.05, 0) is 43.9 Å². The van der Waals surface area contributed by atoms with Crippen LogP contribution in [0, 0.1) is 5.82 Å². The van der Waals surface area contributed by atoms with Crippen LogP contribution >= 0.6 is 0 Å². The number of anilines is 1. The van der Waals surface area contributed by atoms with E-state index in [0.29, 0.717) is 25.7 Å². The Labute approximate surface area is 111 Å². The molecule has 5 nitrogen and oxygen atoms in total. The maximum Gasteiger partial charge on any atom is 0.240 e. The summed E-state index contributed by atoms with van der Waals surface area (Å²) in [5, 5.41) is 9.37. The number of hydrogen-bond donors (Lipinski definition) is 3. The van der Waals surface area contributed by atoms with E-state index in [9.17, 15) is 17.9 Å². The van der Waals surface area contributed by atoms with Crippen molar-refractivity contribution in [2.75, 3.05) is 5.73 Å². The van der Waals surface area contributed by atoms with Gasteiger partial charge in [-0.2, -0.15) is 0 Å². The van der Waals surface area contributed by atoms with Crippen LogP contribution in [0.5, 0.6) is 0 Å². The zero-order valence-corrected chi connectivity index (χ0v) is 11.2. The first kappa shape index (κ1) is 14.2. The van der Waals surface area contributed by atoms with E-state index in [2.05, 4.69) is 4.72 Å². The molecule has 1 fully saturated rings. The Hall–Kier alpha value is -1.18. The standard InChI is InChI=1S/C12H17FN2O3S/c13-11-7-10(5-6-12(11)14)19(17,18)15-8-1-3-9(16)4-2-8/h5-9,15-16H,1-4,14H2. The highest BCUT2D eigenvalue weighted by molar-refractivity contribution is 7.89. The van der Waals surface area contributed by atoms with Crippen molar-refractivity contribution in [1.82, 2.24) is 4.72 Å². The molecule has 4 N–H and O–H groups in total. The fourth-order valence-corrected chi connectivity index (χ4v) is 3.47. The number of nitrogens with two attached hydrogens (primary N) is 1. The van der Waals surface area contributed by atoms with Gasteiger partial charge in [-0.1, -0.05) is 0 Å². The monoisotopic (exact) mass is 288 g/mol. The van der Waals surface area contributed by atoms with E-state index in [0.717, 1.165) is 6.07 Å². The summed E-state index contributed by atoms with van der Waals surface area (Å²) >= 11 is 0. The SMILES string of the molecule is Nc1ccc(S(=O)(=O)NC2CCC(O)CC2)cc1F. The third-order valence-electron chi connectivity index (χ3n) is 3.30. The van der Waals surface area contributed by atoms with Crippen LogP contribution in [0.4, 0.5) is 10.1 Å². The normalized spacial score (nSPS) is 24.3. The zero-order valence-electron chi connectivity index (χ0n) is 10.3. The van der Waals surface area contributed by atoms with E-state index < -0.39 is 15.8 Å². The van der Waals surface area contributed by atoms with Gasteiger partial charge in [0.15, 0.2) is 0 Å². The molecule has 0 heterocycles. The van der Waals surface area contributed by atoms with Crippen molar-refractivity contribution in [2.24, 2.45) is 0 Å². The second kappa shape index (κ2) is 5.44. The van der Waals surface area contributed by atoms with Crippen LogP contribution in [0.3, 0.4) is 0 Å². The third kappa shape index (κ3) is 3.43. The summed E-state index contributed by atoms with van der Waals surface area (Å²) in [7, 11) is -3.74. The first-order chi connectivity index (χ1) is 8.88. The number of aliphatic hydroxyl groups is 1. The van der Waals surface area contributed by atoms with Crippen molar-refractivity contribution >= 4 is 15.7 Å². The summed E-state index contributed by atoms with van der Waals surface area (Å²) < 4.78 is 40.0. The molecule has 2 rings (SSSR count). The number of halogens is 1. The molecule has 1 saturated carbocycles. The minimum Gasteiger partial charge on any atom is -0.396 e. The molecule has 0 amide bonds. The molecule has 106 valence electrons. The fourth-order valence-electron chi connectivity index (χ4n) is 2.16. The van der Waals surface area contributed by atoms with Crippen molar-refractivity contribution in [2.45, 2.75) is 42.7 Å². The van der Waals surface area contributed by atoms with E-state index in [4.69, 9.17) is 5.73 Å². The molecule has 0 aromatic heterocycles. The molecule has 0 saturated heterocycles. The first-order valence-electron chi connectivity index (χ1n) is 6.14. The topological polar surface area (TPSA) is 92.4 Å². The molecule has 0 unspecified atom stereocenters. The first-order valence-corrected chi connectivity index (χ1v) is 7.62. The lowest BCUT2D eigenvalue weighted by Crippen LogP contribution is -2.38. The van der Waals surface area contributed by atoms with Crippen molar-refractivity contribution in [1.29, 1.82) is 0 Å². The van der Waals surface area contributed by atoms with Gasteiger partial charge in [0.25, 0.3) is 0 Å². The summed E-state index contributed by atoms with van der Waals surface area (Å²) in [4.78, 5) is -0.134. The van der Waals surface area contributed by atoms with Crippen molar-refractivity contribution < 1.29 is 17.9 Å². The minimum atomic E-state index is -3.74. The van der Waals surface area contributed by atoms with Gasteiger partial charge in [0.1, 0.15) is 5.82 Å². The summed E-state index contributed by atoms with van der Waals surface area (Å²) in [5.41, 5.74) is 5.23. The van der Waals surface area contributed by atoms with Crippen LogP contribution in [0.15, 0.2) is 23.1 Å². The van der Waals surface area contributed by atoms with E-state index >= 15 is 0 Å². The van der Waals surface area contributed by atoms with Crippen LogP contribution in [-0.2, 0) is 10.0 Å². The second-order valence-corrected chi connectivity index (χ2v) is 6.52. The van der Waals surface area contributed by atoms with Crippen LogP contribution in [-0.4, -0.2) is 25.7 Å². The predicted molar refractivity (Wildman–Crippen MR) is 69.4 cm³/mol. The largest absolute Gasteiger partial charge is 0.396 e. The van der Waals surface area contributed by atoms with Crippen molar-refractivity contribution in [3.05, 3.63) is 24.0 Å². The average Bonchev–Trinajstić information content (AvgIpc) is 2.35. The predicted octanol–water partition coefficient (Wildman–Crippen LogP) is 0.990. The molecule has 0 spiro atoms. The maximum absolute atomic E-state index is 13.3. The molecule has 1 aliphatic carbocycles. The van der Waals surface area contributed by atoms with Gasteiger partial charge in [-0.15, -0.1) is 0 Å². The fraction of sp³-hybridized carbons (Fsp3) is 0.500. The van der Waals surface area contributed by atoms with E-state index in [-0.39, 0.29) is 22.7 Å². The third-order valence-corrected chi connectivity index (χ3v) is 4.82. The number of sulfonamides is 1. The quantitative estimate of drug-likeness (QED) is 0.723. The smallest absolute Gasteiger partial charge is 0.240 e. The highest BCUT2D eigenvalue weighted by Gasteiger charge is 2.25. The summed E-state index contributed by atoms with van der Waals surface area (Å²) in [6.45, 7) is 0. The van der Waals surface area contributed by atoms with Gasteiger partial charge in [-0.3, -0.25) is 0 Å². The Bertz CT molecular complexity index is 554. The second-order valence-electron chi connectivity index (χ2n) is 4.81. The number of aliphatic hydroxyl groups excluding tert-OH is 1. The van der Waals surface area contributed by atoms with Crippen LogP contribution in [0.2, 0.25) is 0 Å². The highest BCUT2D eigenvalue weighted by Crippen LogP contribution is 2.21. The van der Waals surface area contributed by atoms with Crippen LogP contribution < -0.4 is 10.5 Å². The number of benzene rings is 1. The lowest BCUT2D eigenvalue weighted by atomic mass is 9.94. The van der Waals surface area contributed by atoms with E-state index in [1.807, 2.05) is 0 Å². The lowest BCUT2D eigenvalue weighted by molar-refractivity contribution is 0.120. The van der Waals surface area contributed by atoms with Gasteiger partial charge in [0, 0.05) is 6.04 Å². The Kier molecular flexibility index (Phi) is 4.07. The Balaban J connectivity index is 2.11. The van der Waals surface area contributed by atoms with E-state index in [1.165, 1.54) is 12.1 Å². The van der Waals surface area contributed by atoms with E-state index in [1.54, 1.807) is 0 Å². The summed E-state index contributed by atoms with van der Waals surface area (Å²) in [6, 6.07) is 3.21. The van der Waals surface area contributed by atoms with Crippen LogP contribution in [0.1, 0.15) is 25.7 Å². The molecule has 0 aliphatic heterocycles. The minimum absolute atomic E-state index is 0.0836. The zero-order chi connectivity index (χ0) is 14.0. The van der Waals surface area contributed by atoms with Gasteiger partial charge < -0.3 is 10.8 Å². The number of nitrogens with one attached hydrogen (secondary N) is 1. The molecule has 0 bridgehead atoms. The average molecular weight is 288 g/mol. The van der Waals surface area contributed by atoms with Crippen molar-refractivity contribution in [3.63, 3.8) is 0 Å². The molecular weight excluding hydrogens is 271 g/mol. The Morgan fingerprint density at radius 2 is 1.89 bits per heavy atom. The summed E-state index contributed by atoms with van der Waals surface area (Å²) in [5.74, 6) is -0.748. The number of rotatable bonds is 3. The van der Waals surface area contributed by atoms with Gasteiger partial charge in [-0.25, -0.2) is 17.5 Å². The van der Waals surface area contributed by atoms with Crippen molar-refractivity contribution in [3.8, 4) is 0 Å². The summed E-state index contributed by atoms with van der Waals surface area (Å²) in [6.07, 6.45) is 1.96. The molecule has 0 atom stereocenters.